The lowest BCUT2D eigenvalue weighted by molar-refractivity contribution is 0.250. The number of pyridine rings is 1. The summed E-state index contributed by atoms with van der Waals surface area (Å²) in [5, 5.41) is 8.50. The molecule has 1 N–H and O–H groups in total. The second-order valence-corrected chi connectivity index (χ2v) is 4.19. The summed E-state index contributed by atoms with van der Waals surface area (Å²) in [5.74, 6) is 0.624. The second-order valence-electron chi connectivity index (χ2n) is 4.19. The van der Waals surface area contributed by atoms with Gasteiger partial charge >= 0.3 is 0 Å². The number of hydrogen-bond donors (Lipinski definition) is 1. The van der Waals surface area contributed by atoms with Crippen LogP contribution in [0.4, 0.5) is 0 Å². The van der Waals surface area contributed by atoms with Gasteiger partial charge in [0, 0.05) is 24.3 Å². The van der Waals surface area contributed by atoms with Gasteiger partial charge in [-0.15, -0.1) is 0 Å². The third kappa shape index (κ3) is 3.83. The maximum atomic E-state index is 8.72. The molecule has 0 saturated heterocycles. The third-order valence-electron chi connectivity index (χ3n) is 1.61. The highest BCUT2D eigenvalue weighted by atomic mass is 16.5. The van der Waals surface area contributed by atoms with Crippen molar-refractivity contribution in [3.05, 3.63) is 23.9 Å². The first-order valence-electron chi connectivity index (χ1n) is 4.76. The van der Waals surface area contributed by atoms with Gasteiger partial charge in [0.2, 0.25) is 5.88 Å². The minimum absolute atomic E-state index is 0.154. The molecule has 1 rings (SSSR count). The van der Waals surface area contributed by atoms with Crippen LogP contribution in [0.1, 0.15) is 12.5 Å². The molecule has 0 spiro atoms. The van der Waals surface area contributed by atoms with Crippen LogP contribution < -0.4 is 4.74 Å². The predicted molar refractivity (Wildman–Crippen MR) is 61.1 cm³/mol. The average Bonchev–Trinajstić information content (AvgIpc) is 2.06. The highest BCUT2D eigenvalue weighted by Gasteiger charge is 2.12. The molecule has 0 fully saturated rings. The van der Waals surface area contributed by atoms with Crippen molar-refractivity contribution in [2.45, 2.75) is 18.7 Å². The third-order valence-corrected chi connectivity index (χ3v) is 1.61. The minimum atomic E-state index is -0.217. The number of ether oxygens (including phenoxy) is 1. The number of rotatable bonds is 4. The molecule has 0 atom stereocenters. The molecule has 0 aliphatic rings. The summed E-state index contributed by atoms with van der Waals surface area (Å²) in [4.78, 5) is 4.15. The molecule has 0 bridgehead atoms. The van der Waals surface area contributed by atoms with Crippen molar-refractivity contribution in [2.75, 3.05) is 6.61 Å². The standard InChI is InChI=1S/C9H15B2NO2/c1-9(10,11)14-8-3-2-7(4-5-13)6-12-8/h2-3,6,13H,4-5,10-11H2,1H3. The van der Waals surface area contributed by atoms with Crippen molar-refractivity contribution in [3.63, 3.8) is 0 Å². The number of hydrogen-bond acceptors (Lipinski definition) is 3. The molecule has 14 heavy (non-hydrogen) atoms. The topological polar surface area (TPSA) is 42.4 Å². The molecule has 5 heteroatoms. The van der Waals surface area contributed by atoms with Gasteiger partial charge in [-0.1, -0.05) is 6.07 Å². The van der Waals surface area contributed by atoms with Crippen molar-refractivity contribution in [3.8, 4) is 5.88 Å². The highest BCUT2D eigenvalue weighted by molar-refractivity contribution is 6.38. The molecule has 0 aromatic carbocycles. The summed E-state index contributed by atoms with van der Waals surface area (Å²) >= 11 is 0. The Kier molecular flexibility index (Phi) is 3.58. The molecule has 0 amide bonds. The first-order chi connectivity index (χ1) is 6.51. The molecule has 1 heterocycles. The lowest BCUT2D eigenvalue weighted by Gasteiger charge is -2.20. The first-order valence-corrected chi connectivity index (χ1v) is 4.76. The lowest BCUT2D eigenvalue weighted by atomic mass is 9.67. The zero-order valence-electron chi connectivity index (χ0n) is 8.95. The molecular formula is C9H15B2NO2. The summed E-state index contributed by atoms with van der Waals surface area (Å²) in [6.45, 7) is 2.14. The van der Waals surface area contributed by atoms with Crippen LogP contribution in [0.3, 0.4) is 0 Å². The summed E-state index contributed by atoms with van der Waals surface area (Å²) in [6, 6.07) is 3.75. The zero-order chi connectivity index (χ0) is 10.6. The Morgan fingerprint density at radius 3 is 2.64 bits per heavy atom. The van der Waals surface area contributed by atoms with Crippen molar-refractivity contribution >= 4 is 15.7 Å². The van der Waals surface area contributed by atoms with Crippen molar-refractivity contribution < 1.29 is 9.84 Å². The van der Waals surface area contributed by atoms with E-state index in [1.165, 1.54) is 0 Å². The van der Waals surface area contributed by atoms with Crippen LogP contribution >= 0.6 is 0 Å². The molecule has 0 radical (unpaired) electrons. The molecule has 0 saturated carbocycles. The van der Waals surface area contributed by atoms with E-state index >= 15 is 0 Å². The molecule has 1 aromatic rings. The summed E-state index contributed by atoms with van der Waals surface area (Å²) in [7, 11) is 3.96. The Balaban J connectivity index is 2.64. The fraction of sp³-hybridized carbons (Fsp3) is 0.444. The Morgan fingerprint density at radius 1 is 1.50 bits per heavy atom. The summed E-state index contributed by atoms with van der Waals surface area (Å²) in [5.41, 5.74) is 1.02. The molecule has 1 aromatic heterocycles. The van der Waals surface area contributed by atoms with E-state index in [2.05, 4.69) is 4.98 Å². The lowest BCUT2D eigenvalue weighted by Crippen LogP contribution is -2.33. The van der Waals surface area contributed by atoms with Crippen LogP contribution in [-0.2, 0) is 6.42 Å². The normalized spacial score (nSPS) is 11.3. The Hall–Kier alpha value is -0.960. The van der Waals surface area contributed by atoms with Gasteiger partial charge in [-0.05, 0) is 18.9 Å². The Labute approximate surface area is 86.3 Å². The number of aliphatic hydroxyl groups excluding tert-OH is 1. The van der Waals surface area contributed by atoms with Crippen molar-refractivity contribution in [2.24, 2.45) is 0 Å². The molecule has 0 unspecified atom stereocenters. The zero-order valence-corrected chi connectivity index (χ0v) is 8.95. The van der Waals surface area contributed by atoms with Gasteiger partial charge in [0.15, 0.2) is 0 Å². The van der Waals surface area contributed by atoms with Crippen LogP contribution in [0.25, 0.3) is 0 Å². The quantitative estimate of drug-likeness (QED) is 0.616. The van der Waals surface area contributed by atoms with Crippen molar-refractivity contribution in [1.82, 2.24) is 4.98 Å². The van der Waals surface area contributed by atoms with Gasteiger partial charge in [-0.2, -0.15) is 0 Å². The number of nitrogens with zero attached hydrogens (tertiary/aromatic N) is 1. The van der Waals surface area contributed by atoms with E-state index in [0.29, 0.717) is 12.3 Å². The fourth-order valence-corrected chi connectivity index (χ4v) is 1.06. The van der Waals surface area contributed by atoms with Gasteiger partial charge in [0.1, 0.15) is 15.7 Å². The van der Waals surface area contributed by atoms with Crippen LogP contribution in [0.15, 0.2) is 18.3 Å². The van der Waals surface area contributed by atoms with E-state index in [-0.39, 0.29) is 12.0 Å². The minimum Gasteiger partial charge on any atom is -0.490 e. The van der Waals surface area contributed by atoms with Crippen LogP contribution in [0, 0.1) is 0 Å². The average molecular weight is 191 g/mol. The van der Waals surface area contributed by atoms with Crippen molar-refractivity contribution in [1.29, 1.82) is 0 Å². The molecule has 3 nitrogen and oxygen atoms in total. The largest absolute Gasteiger partial charge is 0.490 e. The molecule has 0 aliphatic carbocycles. The van der Waals surface area contributed by atoms with Gasteiger partial charge in [-0.25, -0.2) is 4.98 Å². The SMILES string of the molecule is BC(B)(C)Oc1ccc(CCO)cn1. The van der Waals surface area contributed by atoms with Crippen LogP contribution in [0.5, 0.6) is 5.88 Å². The highest BCUT2D eigenvalue weighted by Crippen LogP contribution is 2.11. The maximum absolute atomic E-state index is 8.72. The van der Waals surface area contributed by atoms with E-state index in [4.69, 9.17) is 9.84 Å². The molecule has 74 valence electrons. The maximum Gasteiger partial charge on any atom is 0.212 e. The van der Waals surface area contributed by atoms with E-state index in [1.807, 2.05) is 34.7 Å². The van der Waals surface area contributed by atoms with E-state index < -0.39 is 0 Å². The first kappa shape index (κ1) is 11.1. The van der Waals surface area contributed by atoms with Gasteiger partial charge in [0.25, 0.3) is 0 Å². The number of aliphatic hydroxyl groups is 1. The summed E-state index contributed by atoms with van der Waals surface area (Å²) < 4.78 is 5.56. The Morgan fingerprint density at radius 2 is 2.21 bits per heavy atom. The predicted octanol–water partition coefficient (Wildman–Crippen LogP) is -1.06. The fourth-order valence-electron chi connectivity index (χ4n) is 1.06. The smallest absolute Gasteiger partial charge is 0.212 e. The molecular weight excluding hydrogens is 176 g/mol. The van der Waals surface area contributed by atoms with Gasteiger partial charge in [-0.3, -0.25) is 0 Å². The van der Waals surface area contributed by atoms with Gasteiger partial charge in [0.05, 0.1) is 0 Å². The molecule has 0 aliphatic heterocycles. The van der Waals surface area contributed by atoms with E-state index in [0.717, 1.165) is 5.56 Å². The van der Waals surface area contributed by atoms with Gasteiger partial charge < -0.3 is 9.84 Å². The van der Waals surface area contributed by atoms with Crippen LogP contribution in [-0.4, -0.2) is 37.8 Å². The van der Waals surface area contributed by atoms with E-state index in [9.17, 15) is 0 Å². The summed E-state index contributed by atoms with van der Waals surface area (Å²) in [6.07, 6.45) is 2.38. The van der Waals surface area contributed by atoms with E-state index in [1.54, 1.807) is 6.20 Å². The number of aromatic nitrogens is 1. The van der Waals surface area contributed by atoms with Crippen LogP contribution in [0.2, 0.25) is 0 Å². The monoisotopic (exact) mass is 191 g/mol. The second kappa shape index (κ2) is 4.51. The Bertz CT molecular complexity index is 282.